The van der Waals surface area contributed by atoms with Crippen LogP contribution in [0.25, 0.3) is 16.7 Å². The molecule has 17 heteroatoms. The lowest BCUT2D eigenvalue weighted by Gasteiger charge is -2.10. The van der Waals surface area contributed by atoms with E-state index >= 15 is 22.0 Å². The summed E-state index contributed by atoms with van der Waals surface area (Å²) >= 11 is 0. The Labute approximate surface area is 259 Å². The molecule has 4 rings (SSSR count). The quantitative estimate of drug-likeness (QED) is 0.162. The standard InChI is InChI=1S/C31H3F11N6/c1-8-15(27(38)22(33)12(5-46)21(8)32)9(2-43)16-17(10(3-44)19-28(39)23(34)13(6-47)24(35)29(19)40)18(16)11(4-45)20-30(41)25(36)14(7-48)26(37)31(20)42/h1H3/b16-9-,17-10?,18-11-. The minimum atomic E-state index is -2.46. The van der Waals surface area contributed by atoms with Gasteiger partial charge in [0.05, 0.1) is 27.8 Å². The summed E-state index contributed by atoms with van der Waals surface area (Å²) in [5.41, 5.74) is -20.0. The van der Waals surface area contributed by atoms with E-state index in [-0.39, 0.29) is 0 Å². The van der Waals surface area contributed by atoms with E-state index in [1.165, 1.54) is 6.07 Å². The molecule has 0 unspecified atom stereocenters. The first-order valence-electron chi connectivity index (χ1n) is 12.2. The van der Waals surface area contributed by atoms with Crippen molar-refractivity contribution in [1.29, 1.82) is 31.6 Å². The summed E-state index contributed by atoms with van der Waals surface area (Å²) in [6.07, 6.45) is 0. The SMILES string of the molecule is Cc1c(F)c(C#N)c(F)c(F)c1/C(C#N)=C1/C(=C(C#N)c2c(F)c(F)c(C#N)c(F)c2F)/C1=C(/C#N)c1c(F)c(F)c(C#N)c(F)c1F. The van der Waals surface area contributed by atoms with Crippen molar-refractivity contribution < 1.29 is 48.3 Å². The first kappa shape index (κ1) is 33.9. The van der Waals surface area contributed by atoms with Crippen molar-refractivity contribution in [1.82, 2.24) is 0 Å². The zero-order chi connectivity index (χ0) is 36.1. The van der Waals surface area contributed by atoms with Crippen LogP contribution in [-0.2, 0) is 0 Å². The monoisotopic (exact) mass is 668 g/mol. The Morgan fingerprint density at radius 2 is 0.583 bits per heavy atom. The van der Waals surface area contributed by atoms with Gasteiger partial charge in [0.1, 0.15) is 58.9 Å². The molecule has 0 saturated heterocycles. The molecule has 0 aromatic heterocycles. The zero-order valence-corrected chi connectivity index (χ0v) is 22.8. The lowest BCUT2D eigenvalue weighted by molar-refractivity contribution is 0.446. The Bertz CT molecular complexity index is 2060. The van der Waals surface area contributed by atoms with Crippen molar-refractivity contribution in [3.05, 3.63) is 120 Å². The molecule has 1 saturated carbocycles. The van der Waals surface area contributed by atoms with Gasteiger partial charge in [0, 0.05) is 22.3 Å². The van der Waals surface area contributed by atoms with E-state index in [4.69, 9.17) is 15.8 Å². The third kappa shape index (κ3) is 4.58. The van der Waals surface area contributed by atoms with E-state index in [0.29, 0.717) is 6.92 Å². The minimum Gasteiger partial charge on any atom is -0.205 e. The van der Waals surface area contributed by atoms with Gasteiger partial charge in [-0.1, -0.05) is 0 Å². The second-order valence-corrected chi connectivity index (χ2v) is 9.25. The molecule has 3 aromatic rings. The number of hydrogen-bond acceptors (Lipinski definition) is 6. The van der Waals surface area contributed by atoms with Crippen LogP contribution in [-0.4, -0.2) is 0 Å². The molecule has 1 aliphatic rings. The molecule has 1 aliphatic carbocycles. The number of benzene rings is 3. The first-order valence-corrected chi connectivity index (χ1v) is 12.2. The van der Waals surface area contributed by atoms with Crippen LogP contribution in [0.1, 0.15) is 38.9 Å². The summed E-state index contributed by atoms with van der Waals surface area (Å²) in [4.78, 5) is 0. The van der Waals surface area contributed by atoms with Gasteiger partial charge in [-0.25, -0.2) is 48.3 Å². The van der Waals surface area contributed by atoms with Crippen LogP contribution in [0.3, 0.4) is 0 Å². The number of hydrogen-bond donors (Lipinski definition) is 0. The largest absolute Gasteiger partial charge is 0.205 e. The highest BCUT2D eigenvalue weighted by Gasteiger charge is 2.46. The molecule has 0 radical (unpaired) electrons. The highest BCUT2D eigenvalue weighted by Crippen LogP contribution is 2.57. The van der Waals surface area contributed by atoms with Crippen LogP contribution in [0.15, 0.2) is 16.7 Å². The normalized spacial score (nSPS) is 14.9. The summed E-state index contributed by atoms with van der Waals surface area (Å²) in [5, 5.41) is 56.4. The number of nitrogens with zero attached hydrogens (tertiary/aromatic N) is 6. The predicted molar refractivity (Wildman–Crippen MR) is 135 cm³/mol. The highest BCUT2D eigenvalue weighted by molar-refractivity contribution is 6.12. The van der Waals surface area contributed by atoms with E-state index < -0.39 is 136 Å². The van der Waals surface area contributed by atoms with Gasteiger partial charge in [0.2, 0.25) is 0 Å². The van der Waals surface area contributed by atoms with Crippen LogP contribution >= 0.6 is 0 Å². The van der Waals surface area contributed by atoms with Crippen LogP contribution in [0.5, 0.6) is 0 Å². The first-order chi connectivity index (χ1) is 22.6. The zero-order valence-electron chi connectivity index (χ0n) is 22.8. The van der Waals surface area contributed by atoms with Crippen molar-refractivity contribution >= 4 is 16.7 Å². The molecular formula is C31H3F11N6. The van der Waals surface area contributed by atoms with Crippen molar-refractivity contribution in [2.24, 2.45) is 0 Å². The maximum absolute atomic E-state index is 15.3. The molecular weight excluding hydrogens is 665 g/mol. The Kier molecular flexibility index (Phi) is 8.55. The third-order valence-electron chi connectivity index (χ3n) is 6.94. The van der Waals surface area contributed by atoms with E-state index in [1.807, 2.05) is 0 Å². The number of rotatable bonds is 3. The average molecular weight is 668 g/mol. The Morgan fingerprint density at radius 3 is 0.833 bits per heavy atom. The second kappa shape index (κ2) is 12.1. The van der Waals surface area contributed by atoms with Crippen LogP contribution < -0.4 is 0 Å². The molecule has 1 fully saturated rings. The van der Waals surface area contributed by atoms with Gasteiger partial charge in [-0.2, -0.15) is 31.6 Å². The summed E-state index contributed by atoms with van der Waals surface area (Å²) in [5.74, 6) is -25.5. The minimum absolute atomic E-state index is 0.674. The summed E-state index contributed by atoms with van der Waals surface area (Å²) in [6, 6.07) is 5.91. The van der Waals surface area contributed by atoms with E-state index in [1.54, 1.807) is 0 Å². The van der Waals surface area contributed by atoms with E-state index in [9.17, 15) is 42.1 Å². The lowest BCUT2D eigenvalue weighted by atomic mass is 9.95. The predicted octanol–water partition coefficient (Wildman–Crippen LogP) is 7.39. The summed E-state index contributed by atoms with van der Waals surface area (Å²) in [7, 11) is 0. The smallest absolute Gasteiger partial charge is 0.180 e. The van der Waals surface area contributed by atoms with Gasteiger partial charge in [0.25, 0.3) is 0 Å². The fourth-order valence-corrected chi connectivity index (χ4v) is 4.72. The molecule has 234 valence electrons. The molecule has 0 spiro atoms. The molecule has 0 N–H and O–H groups in total. The molecule has 0 amide bonds. The summed E-state index contributed by atoms with van der Waals surface area (Å²) < 4.78 is 163. The van der Waals surface area contributed by atoms with Crippen molar-refractivity contribution in [2.45, 2.75) is 6.92 Å². The van der Waals surface area contributed by atoms with E-state index in [2.05, 4.69) is 0 Å². The van der Waals surface area contributed by atoms with E-state index in [0.717, 1.165) is 30.3 Å². The maximum atomic E-state index is 15.3. The second-order valence-electron chi connectivity index (χ2n) is 9.25. The van der Waals surface area contributed by atoms with Crippen molar-refractivity contribution in [3.8, 4) is 36.4 Å². The van der Waals surface area contributed by atoms with Gasteiger partial charge in [0.15, 0.2) is 58.2 Å². The van der Waals surface area contributed by atoms with Crippen molar-refractivity contribution in [3.63, 3.8) is 0 Å². The highest BCUT2D eigenvalue weighted by atomic mass is 19.2. The summed E-state index contributed by atoms with van der Waals surface area (Å²) in [6.45, 7) is 0.674. The van der Waals surface area contributed by atoms with Gasteiger partial charge in [-0.05, 0) is 12.5 Å². The molecule has 0 aliphatic heterocycles. The molecule has 0 atom stereocenters. The van der Waals surface area contributed by atoms with Gasteiger partial charge < -0.3 is 0 Å². The molecule has 3 aromatic carbocycles. The fourth-order valence-electron chi connectivity index (χ4n) is 4.72. The van der Waals surface area contributed by atoms with Crippen LogP contribution in [0, 0.1) is 139 Å². The van der Waals surface area contributed by atoms with Gasteiger partial charge in [-0.3, -0.25) is 0 Å². The molecule has 48 heavy (non-hydrogen) atoms. The average Bonchev–Trinajstić information content (AvgIpc) is 3.78. The van der Waals surface area contributed by atoms with Crippen LogP contribution in [0.2, 0.25) is 0 Å². The van der Waals surface area contributed by atoms with Gasteiger partial charge >= 0.3 is 0 Å². The van der Waals surface area contributed by atoms with Gasteiger partial charge in [-0.15, -0.1) is 0 Å². The maximum Gasteiger partial charge on any atom is 0.180 e. The molecule has 0 heterocycles. The third-order valence-corrected chi connectivity index (χ3v) is 6.94. The molecule has 6 nitrogen and oxygen atoms in total. The molecule has 0 bridgehead atoms. The lowest BCUT2D eigenvalue weighted by Crippen LogP contribution is -2.06. The topological polar surface area (TPSA) is 143 Å². The Hall–Kier alpha value is -6.95. The number of allylic oxidation sites excluding steroid dienone is 6. The number of halogens is 11. The Morgan fingerprint density at radius 1 is 0.354 bits per heavy atom. The fraction of sp³-hybridized carbons (Fsp3) is 0.0323. The number of nitriles is 6. The Balaban J connectivity index is 2.38. The van der Waals surface area contributed by atoms with Crippen LogP contribution in [0.4, 0.5) is 48.3 Å². The van der Waals surface area contributed by atoms with Crippen molar-refractivity contribution in [2.75, 3.05) is 0 Å².